The highest BCUT2D eigenvalue weighted by molar-refractivity contribution is 9.10. The molecule has 51 heavy (non-hydrogen) atoms. The van der Waals surface area contributed by atoms with Crippen molar-refractivity contribution in [3.05, 3.63) is 81.8 Å². The number of benzene rings is 2. The zero-order valence-corrected chi connectivity index (χ0v) is 33.5. The number of aliphatic hydroxyl groups excluding tert-OH is 1. The predicted molar refractivity (Wildman–Crippen MR) is 209 cm³/mol. The van der Waals surface area contributed by atoms with E-state index in [1.165, 1.54) is 31.3 Å². The normalized spacial score (nSPS) is 39.5. The van der Waals surface area contributed by atoms with Gasteiger partial charge in [-0.05, 0) is 158 Å². The van der Waals surface area contributed by atoms with Crippen molar-refractivity contribution in [2.24, 2.45) is 56.7 Å². The van der Waals surface area contributed by atoms with Crippen LogP contribution in [0.5, 0.6) is 0 Å². The molecular formula is C45H61BrN2O3. The van der Waals surface area contributed by atoms with Gasteiger partial charge in [0.05, 0.1) is 11.5 Å². The molecule has 2 aromatic carbocycles. The van der Waals surface area contributed by atoms with Gasteiger partial charge in [-0.2, -0.15) is 0 Å². The smallest absolute Gasteiger partial charge is 0.251 e. The Balaban J connectivity index is 1.10. The van der Waals surface area contributed by atoms with E-state index in [1.807, 2.05) is 48.5 Å². The van der Waals surface area contributed by atoms with Gasteiger partial charge in [0.2, 0.25) is 5.91 Å². The average molecular weight is 758 g/mol. The molecule has 0 radical (unpaired) electrons. The van der Waals surface area contributed by atoms with E-state index in [-0.39, 0.29) is 45.0 Å². The zero-order valence-electron chi connectivity index (χ0n) is 31.9. The van der Waals surface area contributed by atoms with Gasteiger partial charge in [0.25, 0.3) is 5.91 Å². The predicted octanol–water partition coefficient (Wildman–Crippen LogP) is 10.0. The van der Waals surface area contributed by atoms with Crippen molar-refractivity contribution in [1.82, 2.24) is 10.6 Å². The Labute approximate surface area is 315 Å². The van der Waals surface area contributed by atoms with Crippen LogP contribution in [-0.4, -0.2) is 23.0 Å². The standard InChI is InChI=1S/C45H61BrN2O3/c1-28(2)33-16-21-45(40(51)48-27-29-10-8-12-31(24-29)39(50)47-26-30-11-9-13-32(46)25-30)23-22-43(6)34(38(33)45)14-15-36-42(5)19-18-37(49)41(3,4)35(42)17-20-44(36,43)7/h8-13,24-25,33-38,49H,1,14-23,26-27H2,2-7H3,(H,47,50)(H,48,51)/t33-,34?,35?,36+,37-,38+,42-,43+,44+,45-/m0/s1. The lowest BCUT2D eigenvalue weighted by atomic mass is 9.32. The summed E-state index contributed by atoms with van der Waals surface area (Å²) in [6.45, 7) is 20.1. The van der Waals surface area contributed by atoms with Gasteiger partial charge in [-0.1, -0.05) is 87.0 Å². The molecule has 2 amide bonds. The van der Waals surface area contributed by atoms with Crippen LogP contribution in [-0.2, 0) is 17.9 Å². The van der Waals surface area contributed by atoms with Crippen LogP contribution >= 0.6 is 15.9 Å². The summed E-state index contributed by atoms with van der Waals surface area (Å²) in [4.78, 5) is 27.8. The van der Waals surface area contributed by atoms with Gasteiger partial charge in [-0.15, -0.1) is 0 Å². The number of hydrogen-bond acceptors (Lipinski definition) is 3. The highest BCUT2D eigenvalue weighted by Gasteiger charge is 2.71. The second kappa shape index (κ2) is 13.1. The largest absolute Gasteiger partial charge is 0.393 e. The van der Waals surface area contributed by atoms with E-state index in [4.69, 9.17) is 0 Å². The number of nitrogens with one attached hydrogen (secondary N) is 2. The molecule has 2 aromatic rings. The molecule has 0 bridgehead atoms. The fourth-order valence-corrected chi connectivity index (χ4v) is 14.1. The minimum absolute atomic E-state index is 0.0501. The van der Waals surface area contributed by atoms with Crippen molar-refractivity contribution in [1.29, 1.82) is 0 Å². The van der Waals surface area contributed by atoms with E-state index in [1.54, 1.807) is 0 Å². The highest BCUT2D eigenvalue weighted by Crippen LogP contribution is 2.77. The number of allylic oxidation sites excluding steroid dienone is 1. The van der Waals surface area contributed by atoms with E-state index in [0.717, 1.165) is 54.1 Å². The van der Waals surface area contributed by atoms with E-state index in [9.17, 15) is 14.7 Å². The third-order valence-corrected chi connectivity index (χ3v) is 17.0. The number of amides is 2. The van der Waals surface area contributed by atoms with Crippen molar-refractivity contribution >= 4 is 27.7 Å². The quantitative estimate of drug-likeness (QED) is 0.246. The molecule has 0 saturated heterocycles. The van der Waals surface area contributed by atoms with Crippen molar-refractivity contribution < 1.29 is 14.7 Å². The van der Waals surface area contributed by atoms with E-state index < -0.39 is 0 Å². The van der Waals surface area contributed by atoms with Gasteiger partial charge >= 0.3 is 0 Å². The number of carbonyl (C=O) groups excluding carboxylic acids is 2. The molecule has 0 aromatic heterocycles. The molecule has 3 N–H and O–H groups in total. The van der Waals surface area contributed by atoms with Crippen LogP contribution in [0.25, 0.3) is 0 Å². The molecule has 10 atom stereocenters. The molecular weight excluding hydrogens is 696 g/mol. The molecule has 0 heterocycles. The summed E-state index contributed by atoms with van der Waals surface area (Å²) >= 11 is 3.50. The maximum atomic E-state index is 14.7. The summed E-state index contributed by atoms with van der Waals surface area (Å²) in [6.07, 6.45) is 10.6. The fraction of sp³-hybridized carbons (Fsp3) is 0.644. The van der Waals surface area contributed by atoms with Gasteiger partial charge in [0.15, 0.2) is 0 Å². The maximum Gasteiger partial charge on any atom is 0.251 e. The van der Waals surface area contributed by atoms with Crippen LogP contribution in [0.15, 0.2) is 65.2 Å². The lowest BCUT2D eigenvalue weighted by molar-refractivity contribution is -0.246. The lowest BCUT2D eigenvalue weighted by Gasteiger charge is -2.72. The minimum Gasteiger partial charge on any atom is -0.393 e. The monoisotopic (exact) mass is 756 g/mol. The summed E-state index contributed by atoms with van der Waals surface area (Å²) in [5, 5.41) is 17.6. The number of carbonyl (C=O) groups is 2. The Kier molecular flexibility index (Phi) is 9.51. The fourth-order valence-electron chi connectivity index (χ4n) is 13.6. The van der Waals surface area contributed by atoms with Crippen LogP contribution in [0.4, 0.5) is 0 Å². The van der Waals surface area contributed by atoms with Gasteiger partial charge in [-0.3, -0.25) is 9.59 Å². The molecule has 276 valence electrons. The maximum absolute atomic E-state index is 14.7. The molecule has 2 unspecified atom stereocenters. The molecule has 5 saturated carbocycles. The Hall–Kier alpha value is -2.44. The third kappa shape index (κ3) is 5.79. The topological polar surface area (TPSA) is 78.4 Å². The van der Waals surface area contributed by atoms with Crippen molar-refractivity contribution in [3.63, 3.8) is 0 Å². The van der Waals surface area contributed by atoms with Gasteiger partial charge in [0.1, 0.15) is 0 Å². The van der Waals surface area contributed by atoms with Crippen LogP contribution in [0.1, 0.15) is 127 Å². The van der Waals surface area contributed by atoms with Crippen LogP contribution in [0.2, 0.25) is 0 Å². The molecule has 5 aliphatic rings. The minimum atomic E-state index is -0.381. The first-order valence-corrected chi connectivity index (χ1v) is 20.6. The zero-order chi connectivity index (χ0) is 36.6. The number of halogens is 1. The van der Waals surface area contributed by atoms with Gasteiger partial charge < -0.3 is 15.7 Å². The number of fused-ring (bicyclic) bond motifs is 7. The lowest BCUT2D eigenvalue weighted by Crippen LogP contribution is -2.67. The van der Waals surface area contributed by atoms with E-state index in [2.05, 4.69) is 74.7 Å². The second-order valence-corrected chi connectivity index (χ2v) is 19.8. The summed E-state index contributed by atoms with van der Waals surface area (Å²) in [6, 6.07) is 15.6. The third-order valence-electron chi connectivity index (χ3n) is 16.5. The van der Waals surface area contributed by atoms with Gasteiger partial charge in [0, 0.05) is 23.1 Å². The molecule has 7 rings (SSSR count). The van der Waals surface area contributed by atoms with E-state index in [0.29, 0.717) is 48.2 Å². The first kappa shape index (κ1) is 36.9. The van der Waals surface area contributed by atoms with E-state index >= 15 is 0 Å². The molecule has 0 spiro atoms. The number of aliphatic hydroxyl groups is 1. The highest BCUT2D eigenvalue weighted by atomic mass is 79.9. The Bertz CT molecular complexity index is 1700. The molecule has 0 aliphatic heterocycles. The van der Waals surface area contributed by atoms with Crippen molar-refractivity contribution in [3.8, 4) is 0 Å². The van der Waals surface area contributed by atoms with Crippen molar-refractivity contribution in [2.75, 3.05) is 0 Å². The van der Waals surface area contributed by atoms with Crippen LogP contribution in [0, 0.1) is 56.7 Å². The van der Waals surface area contributed by atoms with Crippen molar-refractivity contribution in [2.45, 2.75) is 125 Å². The second-order valence-electron chi connectivity index (χ2n) is 18.9. The average Bonchev–Trinajstić information content (AvgIpc) is 3.50. The molecule has 5 nitrogen and oxygen atoms in total. The Morgan fingerprint density at radius 3 is 2.24 bits per heavy atom. The van der Waals surface area contributed by atoms with Crippen LogP contribution in [0.3, 0.4) is 0 Å². The SMILES string of the molecule is C=C(C)[C@@H]1CC[C@]2(C(=O)NCc3cccc(C(=O)NCc4cccc(Br)c4)c3)CC[C@]3(C)C(CC[C@@H]4[C@@]5(C)CC[C@H](O)C(C)(C)C5CC[C@]43C)[C@@H]12. The summed E-state index contributed by atoms with van der Waals surface area (Å²) in [5.74, 6) is 2.43. The first-order valence-electron chi connectivity index (χ1n) is 19.8. The van der Waals surface area contributed by atoms with Crippen LogP contribution < -0.4 is 10.6 Å². The Morgan fingerprint density at radius 2 is 1.51 bits per heavy atom. The summed E-state index contributed by atoms with van der Waals surface area (Å²) in [7, 11) is 0. The molecule has 5 fully saturated rings. The Morgan fingerprint density at radius 1 is 0.804 bits per heavy atom. The number of rotatable bonds is 7. The molecule has 5 aliphatic carbocycles. The molecule has 6 heteroatoms. The van der Waals surface area contributed by atoms with Gasteiger partial charge in [-0.25, -0.2) is 0 Å². The summed E-state index contributed by atoms with van der Waals surface area (Å²) < 4.78 is 0.988. The first-order chi connectivity index (χ1) is 24.1. The number of hydrogen-bond donors (Lipinski definition) is 3. The summed E-state index contributed by atoms with van der Waals surface area (Å²) in [5.41, 5.74) is 4.00.